The molecule has 0 unspecified atom stereocenters. The van der Waals surface area contributed by atoms with Gasteiger partial charge < -0.3 is 9.88 Å². The first kappa shape index (κ1) is 16.6. The SMILES string of the molecule is O=C1CCN(Cc2cc3ccccc3[nH]2)CCN1CC1CCCCC1. The molecule has 0 spiro atoms. The first-order chi connectivity index (χ1) is 12.3. The van der Waals surface area contributed by atoms with Crippen LogP contribution in [0, 0.1) is 5.92 Å². The van der Waals surface area contributed by atoms with E-state index in [1.165, 1.54) is 48.7 Å². The number of nitrogens with one attached hydrogen (secondary N) is 1. The second-order valence-corrected chi connectivity index (χ2v) is 7.75. The van der Waals surface area contributed by atoms with Crippen LogP contribution in [0.25, 0.3) is 10.9 Å². The Morgan fingerprint density at radius 2 is 1.88 bits per heavy atom. The minimum Gasteiger partial charge on any atom is -0.357 e. The van der Waals surface area contributed by atoms with Gasteiger partial charge in [-0.15, -0.1) is 0 Å². The number of benzene rings is 1. The number of aromatic nitrogens is 1. The number of carbonyl (C=O) groups excluding carboxylic acids is 1. The summed E-state index contributed by atoms with van der Waals surface area (Å²) in [6.07, 6.45) is 7.35. The van der Waals surface area contributed by atoms with Crippen LogP contribution in [0.15, 0.2) is 30.3 Å². The zero-order valence-electron chi connectivity index (χ0n) is 15.0. The number of para-hydroxylation sites is 1. The molecule has 134 valence electrons. The lowest BCUT2D eigenvalue weighted by molar-refractivity contribution is -0.131. The Bertz CT molecular complexity index is 684. The summed E-state index contributed by atoms with van der Waals surface area (Å²) in [6.45, 7) is 4.62. The number of rotatable bonds is 4. The molecule has 1 aromatic heterocycles. The maximum absolute atomic E-state index is 12.5. The maximum Gasteiger partial charge on any atom is 0.223 e. The first-order valence-corrected chi connectivity index (χ1v) is 9.85. The topological polar surface area (TPSA) is 39.3 Å². The Balaban J connectivity index is 1.35. The van der Waals surface area contributed by atoms with Gasteiger partial charge in [0.1, 0.15) is 0 Å². The van der Waals surface area contributed by atoms with Gasteiger partial charge in [-0.2, -0.15) is 0 Å². The summed E-state index contributed by atoms with van der Waals surface area (Å²) < 4.78 is 0. The van der Waals surface area contributed by atoms with Gasteiger partial charge in [0.05, 0.1) is 0 Å². The molecule has 1 N–H and O–H groups in total. The minimum atomic E-state index is 0.352. The summed E-state index contributed by atoms with van der Waals surface area (Å²) in [7, 11) is 0. The summed E-state index contributed by atoms with van der Waals surface area (Å²) >= 11 is 0. The second kappa shape index (κ2) is 7.61. The fraction of sp³-hybridized carbons (Fsp3) is 0.571. The lowest BCUT2D eigenvalue weighted by Crippen LogP contribution is -2.37. The van der Waals surface area contributed by atoms with E-state index in [0.717, 1.165) is 38.6 Å². The van der Waals surface area contributed by atoms with Crippen molar-refractivity contribution in [2.24, 2.45) is 5.92 Å². The maximum atomic E-state index is 12.5. The van der Waals surface area contributed by atoms with Crippen LogP contribution >= 0.6 is 0 Å². The molecule has 2 aromatic rings. The molecule has 1 saturated carbocycles. The van der Waals surface area contributed by atoms with Crippen molar-refractivity contribution in [3.63, 3.8) is 0 Å². The molecule has 2 aliphatic rings. The molecule has 1 aliphatic carbocycles. The van der Waals surface area contributed by atoms with Gasteiger partial charge in [0.25, 0.3) is 0 Å². The Morgan fingerprint density at radius 3 is 2.72 bits per heavy atom. The standard InChI is InChI=1S/C21H29N3O/c25-21-10-11-23(12-13-24(21)15-17-6-2-1-3-7-17)16-19-14-18-8-4-5-9-20(18)22-19/h4-5,8-9,14,17,22H,1-3,6-7,10-13,15-16H2. The van der Waals surface area contributed by atoms with Crippen molar-refractivity contribution < 1.29 is 4.79 Å². The van der Waals surface area contributed by atoms with Crippen molar-refractivity contribution in [3.8, 4) is 0 Å². The number of amides is 1. The molecule has 0 atom stereocenters. The number of H-pyrrole nitrogens is 1. The Kier molecular flexibility index (Phi) is 5.07. The summed E-state index contributed by atoms with van der Waals surface area (Å²) in [4.78, 5) is 20.6. The predicted molar refractivity (Wildman–Crippen MR) is 101 cm³/mol. The molecule has 4 rings (SSSR count). The third kappa shape index (κ3) is 4.06. The second-order valence-electron chi connectivity index (χ2n) is 7.75. The smallest absolute Gasteiger partial charge is 0.223 e. The zero-order chi connectivity index (χ0) is 17.1. The number of carbonyl (C=O) groups is 1. The largest absolute Gasteiger partial charge is 0.357 e. The van der Waals surface area contributed by atoms with Gasteiger partial charge in [0.15, 0.2) is 0 Å². The van der Waals surface area contributed by atoms with E-state index < -0.39 is 0 Å². The van der Waals surface area contributed by atoms with Crippen LogP contribution in [0.4, 0.5) is 0 Å². The van der Waals surface area contributed by atoms with Crippen LogP contribution in [0.1, 0.15) is 44.2 Å². The monoisotopic (exact) mass is 339 g/mol. The molecule has 4 heteroatoms. The van der Waals surface area contributed by atoms with Gasteiger partial charge in [-0.1, -0.05) is 37.5 Å². The highest BCUT2D eigenvalue weighted by atomic mass is 16.2. The Hall–Kier alpha value is -1.81. The van der Waals surface area contributed by atoms with E-state index in [0.29, 0.717) is 12.3 Å². The van der Waals surface area contributed by atoms with Gasteiger partial charge >= 0.3 is 0 Å². The van der Waals surface area contributed by atoms with Gasteiger partial charge in [-0.25, -0.2) is 0 Å². The van der Waals surface area contributed by atoms with Crippen molar-refractivity contribution in [1.29, 1.82) is 0 Å². The molecular formula is C21H29N3O. The van der Waals surface area contributed by atoms with Crippen LogP contribution in [-0.4, -0.2) is 46.9 Å². The lowest BCUT2D eigenvalue weighted by Gasteiger charge is -2.29. The molecule has 0 radical (unpaired) electrons. The van der Waals surface area contributed by atoms with Crippen LogP contribution in [-0.2, 0) is 11.3 Å². The Morgan fingerprint density at radius 1 is 1.04 bits per heavy atom. The molecule has 0 bridgehead atoms. The van der Waals surface area contributed by atoms with E-state index >= 15 is 0 Å². The fourth-order valence-electron chi connectivity index (χ4n) is 4.40. The van der Waals surface area contributed by atoms with Crippen LogP contribution in [0.5, 0.6) is 0 Å². The van der Waals surface area contributed by atoms with E-state index in [9.17, 15) is 4.79 Å². The molecule has 2 fully saturated rings. The van der Waals surface area contributed by atoms with Gasteiger partial charge in [0, 0.05) is 50.4 Å². The van der Waals surface area contributed by atoms with Gasteiger partial charge in [-0.05, 0) is 36.3 Å². The number of hydrogen-bond acceptors (Lipinski definition) is 2. The Labute approximate surface area is 150 Å². The van der Waals surface area contributed by atoms with Crippen molar-refractivity contribution in [2.45, 2.75) is 45.1 Å². The molecule has 1 aliphatic heterocycles. The number of aromatic amines is 1. The fourth-order valence-corrected chi connectivity index (χ4v) is 4.40. The van der Waals surface area contributed by atoms with Crippen LogP contribution in [0.2, 0.25) is 0 Å². The van der Waals surface area contributed by atoms with Crippen molar-refractivity contribution in [1.82, 2.24) is 14.8 Å². The molecular weight excluding hydrogens is 310 g/mol. The predicted octanol–water partition coefficient (Wildman–Crippen LogP) is 3.78. The molecule has 2 heterocycles. The summed E-state index contributed by atoms with van der Waals surface area (Å²) in [5.74, 6) is 1.09. The normalized spacial score (nSPS) is 21.0. The van der Waals surface area contributed by atoms with E-state index in [2.05, 4.69) is 45.1 Å². The van der Waals surface area contributed by atoms with Crippen molar-refractivity contribution in [3.05, 3.63) is 36.0 Å². The van der Waals surface area contributed by atoms with Crippen LogP contribution in [0.3, 0.4) is 0 Å². The summed E-state index contributed by atoms with van der Waals surface area (Å²) in [5.41, 5.74) is 2.44. The molecule has 4 nitrogen and oxygen atoms in total. The number of nitrogens with zero attached hydrogens (tertiary/aromatic N) is 2. The average Bonchev–Trinajstić information content (AvgIpc) is 2.97. The molecule has 1 amide bonds. The lowest BCUT2D eigenvalue weighted by atomic mass is 9.89. The summed E-state index contributed by atoms with van der Waals surface area (Å²) in [6, 6.07) is 10.6. The van der Waals surface area contributed by atoms with E-state index in [1.54, 1.807) is 0 Å². The molecule has 1 aromatic carbocycles. The first-order valence-electron chi connectivity index (χ1n) is 9.85. The zero-order valence-corrected chi connectivity index (χ0v) is 15.0. The average molecular weight is 339 g/mol. The number of hydrogen-bond donors (Lipinski definition) is 1. The molecule has 25 heavy (non-hydrogen) atoms. The highest BCUT2D eigenvalue weighted by Gasteiger charge is 2.24. The third-order valence-corrected chi connectivity index (χ3v) is 5.86. The van der Waals surface area contributed by atoms with Crippen LogP contribution < -0.4 is 0 Å². The quantitative estimate of drug-likeness (QED) is 0.921. The third-order valence-electron chi connectivity index (χ3n) is 5.86. The van der Waals surface area contributed by atoms with Crippen molar-refractivity contribution >= 4 is 16.8 Å². The van der Waals surface area contributed by atoms with E-state index in [1.807, 2.05) is 0 Å². The van der Waals surface area contributed by atoms with Gasteiger partial charge in [-0.3, -0.25) is 9.69 Å². The van der Waals surface area contributed by atoms with E-state index in [-0.39, 0.29) is 0 Å². The minimum absolute atomic E-state index is 0.352. The molecule has 1 saturated heterocycles. The van der Waals surface area contributed by atoms with Gasteiger partial charge in [0.2, 0.25) is 5.91 Å². The van der Waals surface area contributed by atoms with Crippen molar-refractivity contribution in [2.75, 3.05) is 26.2 Å². The number of fused-ring (bicyclic) bond motifs is 1. The highest BCUT2D eigenvalue weighted by molar-refractivity contribution is 5.80. The highest BCUT2D eigenvalue weighted by Crippen LogP contribution is 2.25. The summed E-state index contributed by atoms with van der Waals surface area (Å²) in [5, 5.41) is 1.27. The van der Waals surface area contributed by atoms with E-state index in [4.69, 9.17) is 0 Å².